The Morgan fingerprint density at radius 1 is 1.06 bits per heavy atom. The quantitative estimate of drug-likeness (QED) is 0.547. The number of rotatable bonds is 7. The van der Waals surface area contributed by atoms with Crippen LogP contribution in [0, 0.1) is 0 Å². The molecule has 1 aromatic heterocycles. The molecular weight excluding hydrogens is 444 g/mol. The summed E-state index contributed by atoms with van der Waals surface area (Å²) in [5.74, 6) is 1.02. The highest BCUT2D eigenvalue weighted by molar-refractivity contribution is 5.87. The summed E-state index contributed by atoms with van der Waals surface area (Å²) < 4.78 is 11.0. The van der Waals surface area contributed by atoms with Gasteiger partial charge in [0.15, 0.2) is 11.5 Å². The van der Waals surface area contributed by atoms with Crippen LogP contribution in [0.2, 0.25) is 0 Å². The van der Waals surface area contributed by atoms with Crippen molar-refractivity contribution in [2.75, 3.05) is 20.8 Å². The highest BCUT2D eigenvalue weighted by Gasteiger charge is 2.34. The van der Waals surface area contributed by atoms with Crippen molar-refractivity contribution < 1.29 is 19.1 Å². The molecule has 182 valence electrons. The van der Waals surface area contributed by atoms with Crippen molar-refractivity contribution >= 4 is 11.9 Å². The third-order valence-corrected chi connectivity index (χ3v) is 6.20. The number of carbonyl (C=O) groups is 2. The smallest absolute Gasteiger partial charge is 0.318 e. The molecule has 0 fully saturated rings. The maximum Gasteiger partial charge on any atom is 0.318 e. The minimum atomic E-state index is -0.701. The van der Waals surface area contributed by atoms with Crippen LogP contribution in [0.3, 0.4) is 0 Å². The van der Waals surface area contributed by atoms with E-state index in [2.05, 4.69) is 15.6 Å². The van der Waals surface area contributed by atoms with E-state index in [4.69, 9.17) is 9.47 Å². The van der Waals surface area contributed by atoms with Crippen LogP contribution < -0.4 is 20.1 Å². The maximum atomic E-state index is 13.4. The van der Waals surface area contributed by atoms with E-state index in [0.29, 0.717) is 31.0 Å². The minimum Gasteiger partial charge on any atom is -0.493 e. The van der Waals surface area contributed by atoms with Gasteiger partial charge in [-0.1, -0.05) is 30.3 Å². The van der Waals surface area contributed by atoms with Crippen LogP contribution in [0.1, 0.15) is 35.2 Å². The number of fused-ring (bicyclic) bond motifs is 1. The van der Waals surface area contributed by atoms with Gasteiger partial charge in [0.1, 0.15) is 6.04 Å². The summed E-state index contributed by atoms with van der Waals surface area (Å²) >= 11 is 0. The van der Waals surface area contributed by atoms with Crippen molar-refractivity contribution in [2.45, 2.75) is 32.0 Å². The average molecular weight is 475 g/mol. The Hall–Kier alpha value is -4.07. The summed E-state index contributed by atoms with van der Waals surface area (Å²) in [6, 6.07) is 16.1. The predicted octanol–water partition coefficient (Wildman–Crippen LogP) is 3.46. The number of urea groups is 1. The molecule has 0 saturated carbocycles. The van der Waals surface area contributed by atoms with Crippen molar-refractivity contribution in [1.82, 2.24) is 20.5 Å². The van der Waals surface area contributed by atoms with Gasteiger partial charge in [-0.15, -0.1) is 0 Å². The van der Waals surface area contributed by atoms with E-state index in [-0.39, 0.29) is 18.0 Å². The third-order valence-electron chi connectivity index (χ3n) is 6.20. The normalized spacial score (nSPS) is 15.5. The molecule has 2 N–H and O–H groups in total. The monoisotopic (exact) mass is 474 g/mol. The van der Waals surface area contributed by atoms with Crippen molar-refractivity contribution in [1.29, 1.82) is 0 Å². The molecule has 0 spiro atoms. The Morgan fingerprint density at radius 3 is 2.43 bits per heavy atom. The van der Waals surface area contributed by atoms with Gasteiger partial charge in [-0.25, -0.2) is 4.79 Å². The number of carbonyl (C=O) groups excluding carboxylic acids is 2. The van der Waals surface area contributed by atoms with Crippen molar-refractivity contribution in [3.05, 3.63) is 89.2 Å². The fourth-order valence-corrected chi connectivity index (χ4v) is 4.34. The average Bonchev–Trinajstić information content (AvgIpc) is 2.91. The molecule has 3 aromatic rings. The number of pyridine rings is 1. The van der Waals surface area contributed by atoms with E-state index in [1.165, 1.54) is 0 Å². The molecule has 2 atom stereocenters. The second-order valence-corrected chi connectivity index (χ2v) is 8.41. The fraction of sp³-hybridized carbons (Fsp3) is 0.296. The van der Waals surface area contributed by atoms with E-state index in [9.17, 15) is 9.59 Å². The number of amides is 3. The lowest BCUT2D eigenvalue weighted by atomic mass is 9.88. The second-order valence-electron chi connectivity index (χ2n) is 8.41. The van der Waals surface area contributed by atoms with Gasteiger partial charge in [0.2, 0.25) is 5.91 Å². The molecular formula is C27H30N4O4. The summed E-state index contributed by atoms with van der Waals surface area (Å²) in [5.41, 5.74) is 3.99. The minimum absolute atomic E-state index is 0.254. The van der Waals surface area contributed by atoms with Crippen LogP contribution in [0.4, 0.5) is 4.79 Å². The Kier molecular flexibility index (Phi) is 7.50. The summed E-state index contributed by atoms with van der Waals surface area (Å²) in [6.07, 6.45) is 4.01. The molecule has 1 aliphatic heterocycles. The first-order chi connectivity index (χ1) is 17.0. The first-order valence-corrected chi connectivity index (χ1v) is 11.5. The number of nitrogens with zero attached hydrogens (tertiary/aromatic N) is 2. The zero-order valence-corrected chi connectivity index (χ0v) is 20.2. The number of hydrogen-bond acceptors (Lipinski definition) is 5. The van der Waals surface area contributed by atoms with Gasteiger partial charge in [0.25, 0.3) is 0 Å². The number of ether oxygens (including phenoxy) is 2. The van der Waals surface area contributed by atoms with Crippen molar-refractivity contribution in [3.63, 3.8) is 0 Å². The van der Waals surface area contributed by atoms with E-state index in [1.54, 1.807) is 38.4 Å². The molecule has 8 nitrogen and oxygen atoms in total. The van der Waals surface area contributed by atoms with Gasteiger partial charge < -0.3 is 25.0 Å². The molecule has 0 aliphatic carbocycles. The first kappa shape index (κ1) is 24.1. The summed E-state index contributed by atoms with van der Waals surface area (Å²) in [6.45, 7) is 2.55. The van der Waals surface area contributed by atoms with Crippen LogP contribution >= 0.6 is 0 Å². The topological polar surface area (TPSA) is 92.8 Å². The number of nitrogens with one attached hydrogen (secondary N) is 2. The third kappa shape index (κ3) is 5.37. The lowest BCUT2D eigenvalue weighted by Gasteiger charge is -2.38. The lowest BCUT2D eigenvalue weighted by molar-refractivity contribution is -0.122. The number of aromatic nitrogens is 1. The summed E-state index contributed by atoms with van der Waals surface area (Å²) in [7, 11) is 3.21. The fourth-order valence-electron chi connectivity index (χ4n) is 4.34. The zero-order chi connectivity index (χ0) is 24.8. The molecule has 2 heterocycles. The van der Waals surface area contributed by atoms with Crippen LogP contribution in [0.5, 0.6) is 11.5 Å². The second kappa shape index (κ2) is 10.9. The van der Waals surface area contributed by atoms with Crippen molar-refractivity contribution in [3.8, 4) is 11.5 Å². The molecule has 0 unspecified atom stereocenters. The van der Waals surface area contributed by atoms with E-state index in [0.717, 1.165) is 22.3 Å². The molecule has 4 rings (SSSR count). The van der Waals surface area contributed by atoms with Crippen LogP contribution in [0.15, 0.2) is 67.0 Å². The van der Waals surface area contributed by atoms with E-state index >= 15 is 0 Å². The number of hydrogen-bond donors (Lipinski definition) is 2. The maximum absolute atomic E-state index is 13.4. The van der Waals surface area contributed by atoms with Gasteiger partial charge in [0, 0.05) is 25.5 Å². The predicted molar refractivity (Wildman–Crippen MR) is 132 cm³/mol. The van der Waals surface area contributed by atoms with E-state index < -0.39 is 6.04 Å². The van der Waals surface area contributed by atoms with Crippen LogP contribution in [-0.2, 0) is 17.8 Å². The number of methoxy groups -OCH3 is 2. The summed E-state index contributed by atoms with van der Waals surface area (Å²) in [5, 5.41) is 5.74. The molecule has 0 saturated heterocycles. The largest absolute Gasteiger partial charge is 0.493 e. The first-order valence-electron chi connectivity index (χ1n) is 11.5. The Labute approximate surface area is 205 Å². The van der Waals surface area contributed by atoms with Crippen LogP contribution in [-0.4, -0.2) is 48.6 Å². The molecule has 1 aliphatic rings. The molecule has 2 aromatic carbocycles. The number of benzene rings is 2. The summed E-state index contributed by atoms with van der Waals surface area (Å²) in [4.78, 5) is 31.8. The Balaban J connectivity index is 1.55. The van der Waals surface area contributed by atoms with E-state index in [1.807, 2.05) is 54.6 Å². The van der Waals surface area contributed by atoms with Gasteiger partial charge >= 0.3 is 6.03 Å². The van der Waals surface area contributed by atoms with Gasteiger partial charge in [-0.3, -0.25) is 9.78 Å². The highest BCUT2D eigenvalue weighted by atomic mass is 16.5. The molecule has 3 amide bonds. The standard InChI is InChI=1S/C27H30N4O4/c1-18(26(32)29-17-19-9-12-28-13-10-19)30-27(33)31-14-11-21-15-23(34-2)24(35-3)16-22(21)25(31)20-7-5-4-6-8-20/h4-10,12-13,15-16,18,25H,11,14,17H2,1-3H3,(H,29,32)(H,30,33)/t18-,25-/m1/s1. The van der Waals surface area contributed by atoms with Crippen LogP contribution in [0.25, 0.3) is 0 Å². The van der Waals surface area contributed by atoms with Gasteiger partial charge in [-0.05, 0) is 59.9 Å². The molecule has 8 heteroatoms. The lowest BCUT2D eigenvalue weighted by Crippen LogP contribution is -2.52. The molecule has 35 heavy (non-hydrogen) atoms. The van der Waals surface area contributed by atoms with Gasteiger partial charge in [0.05, 0.1) is 20.3 Å². The van der Waals surface area contributed by atoms with Crippen molar-refractivity contribution in [2.24, 2.45) is 0 Å². The molecule has 0 bridgehead atoms. The Bertz CT molecular complexity index is 1170. The SMILES string of the molecule is COc1cc2c(cc1OC)[C@@H](c1ccccc1)N(C(=O)N[C@H](C)C(=O)NCc1ccncc1)CC2. The Morgan fingerprint density at radius 2 is 1.74 bits per heavy atom. The van der Waals surface area contributed by atoms with Gasteiger partial charge in [-0.2, -0.15) is 0 Å². The zero-order valence-electron chi connectivity index (χ0n) is 20.2. The molecule has 0 radical (unpaired) electrons. The highest BCUT2D eigenvalue weighted by Crippen LogP contribution is 2.41.